The van der Waals surface area contributed by atoms with Gasteiger partial charge < -0.3 is 0 Å². The highest BCUT2D eigenvalue weighted by molar-refractivity contribution is 9.10. The van der Waals surface area contributed by atoms with Crippen LogP contribution >= 0.6 is 15.9 Å². The summed E-state index contributed by atoms with van der Waals surface area (Å²) >= 11 is 3.64. The van der Waals surface area contributed by atoms with Gasteiger partial charge in [0.15, 0.2) is 0 Å². The lowest BCUT2D eigenvalue weighted by atomic mass is 10.0. The molecule has 0 saturated heterocycles. The van der Waals surface area contributed by atoms with Gasteiger partial charge in [0.05, 0.1) is 21.9 Å². The topological polar surface area (TPSA) is 68.8 Å². The van der Waals surface area contributed by atoms with E-state index in [1.54, 1.807) is 0 Å². The minimum Gasteiger partial charge on any atom is -0.271 e. The van der Waals surface area contributed by atoms with E-state index in [4.69, 9.17) is 5.84 Å². The molecule has 0 aliphatic carbocycles. The molecule has 2 aromatic heterocycles. The molecule has 20 heavy (non-hydrogen) atoms. The number of hydrogen-bond donors (Lipinski definition) is 2. The number of nitrogens with zero attached hydrogens (tertiary/aromatic N) is 3. The average Bonchev–Trinajstić information content (AvgIpc) is 2.71. The zero-order valence-corrected chi connectivity index (χ0v) is 13.6. The Hall–Kier alpha value is -1.24. The van der Waals surface area contributed by atoms with Crippen molar-refractivity contribution in [3.63, 3.8) is 0 Å². The van der Waals surface area contributed by atoms with E-state index in [-0.39, 0.29) is 6.04 Å². The van der Waals surface area contributed by atoms with E-state index in [9.17, 15) is 0 Å². The van der Waals surface area contributed by atoms with Crippen LogP contribution in [0.15, 0.2) is 22.8 Å². The third-order valence-corrected chi connectivity index (χ3v) is 4.34. The van der Waals surface area contributed by atoms with E-state index >= 15 is 0 Å². The van der Waals surface area contributed by atoms with Gasteiger partial charge in [0.2, 0.25) is 0 Å². The molecule has 0 aliphatic rings. The molecule has 6 heteroatoms. The van der Waals surface area contributed by atoms with Gasteiger partial charge >= 0.3 is 0 Å². The Balaban J connectivity index is 2.29. The second-order valence-corrected chi connectivity index (χ2v) is 5.63. The van der Waals surface area contributed by atoms with E-state index in [1.165, 1.54) is 0 Å². The summed E-state index contributed by atoms with van der Waals surface area (Å²) in [7, 11) is 1.96. The Morgan fingerprint density at radius 2 is 2.25 bits per heavy atom. The molecular weight excluding hydrogens is 318 g/mol. The molecule has 0 spiro atoms. The van der Waals surface area contributed by atoms with Crippen LogP contribution in [-0.2, 0) is 19.9 Å². The fraction of sp³-hybridized carbons (Fsp3) is 0.429. The monoisotopic (exact) mass is 337 g/mol. The zero-order chi connectivity index (χ0) is 14.7. The number of nitrogens with two attached hydrogens (primary N) is 1. The highest BCUT2D eigenvalue weighted by Crippen LogP contribution is 2.26. The maximum absolute atomic E-state index is 5.73. The fourth-order valence-electron chi connectivity index (χ4n) is 2.29. The third kappa shape index (κ3) is 3.08. The van der Waals surface area contributed by atoms with E-state index in [2.05, 4.69) is 44.4 Å². The van der Waals surface area contributed by atoms with Crippen molar-refractivity contribution in [2.24, 2.45) is 12.9 Å². The molecule has 0 amide bonds. The van der Waals surface area contributed by atoms with Crippen LogP contribution in [0.3, 0.4) is 0 Å². The Morgan fingerprint density at radius 3 is 2.80 bits per heavy atom. The molecule has 3 N–H and O–H groups in total. The van der Waals surface area contributed by atoms with Crippen LogP contribution in [0.4, 0.5) is 0 Å². The van der Waals surface area contributed by atoms with Crippen LogP contribution in [0.1, 0.15) is 35.6 Å². The summed E-state index contributed by atoms with van der Waals surface area (Å²) < 4.78 is 3.00. The maximum atomic E-state index is 5.73. The molecule has 2 aromatic rings. The Morgan fingerprint density at radius 1 is 1.50 bits per heavy atom. The Bertz CT molecular complexity index is 593. The first kappa shape index (κ1) is 15.2. The number of halogens is 1. The smallest absolute Gasteiger partial charge is 0.0766 e. The van der Waals surface area contributed by atoms with Crippen molar-refractivity contribution in [1.29, 1.82) is 0 Å². The lowest BCUT2D eigenvalue weighted by Crippen LogP contribution is -2.30. The first-order valence-electron chi connectivity index (χ1n) is 6.65. The minimum absolute atomic E-state index is 0.0353. The van der Waals surface area contributed by atoms with Crippen molar-refractivity contribution in [2.75, 3.05) is 0 Å². The summed E-state index contributed by atoms with van der Waals surface area (Å²) in [4.78, 5) is 4.22. The van der Waals surface area contributed by atoms with Crippen molar-refractivity contribution >= 4 is 15.9 Å². The Kier molecular flexibility index (Phi) is 4.91. The lowest BCUT2D eigenvalue weighted by Gasteiger charge is -2.17. The summed E-state index contributed by atoms with van der Waals surface area (Å²) in [6.07, 6.45) is 3.48. The van der Waals surface area contributed by atoms with Gasteiger partial charge in [-0.15, -0.1) is 0 Å². The van der Waals surface area contributed by atoms with Crippen LogP contribution in [0.25, 0.3) is 0 Å². The molecular formula is C14H20BrN5. The molecule has 0 aromatic carbocycles. The second-order valence-electron chi connectivity index (χ2n) is 4.84. The van der Waals surface area contributed by atoms with Gasteiger partial charge in [-0.3, -0.25) is 20.9 Å². The van der Waals surface area contributed by atoms with Gasteiger partial charge in [-0.2, -0.15) is 5.10 Å². The quantitative estimate of drug-likeness (QED) is 0.648. The van der Waals surface area contributed by atoms with Crippen LogP contribution < -0.4 is 11.3 Å². The summed E-state index contributed by atoms with van der Waals surface area (Å²) in [5, 5.41) is 4.52. The number of hydrazine groups is 1. The van der Waals surface area contributed by atoms with Crippen LogP contribution in [-0.4, -0.2) is 14.8 Å². The predicted molar refractivity (Wildman–Crippen MR) is 83.0 cm³/mol. The largest absolute Gasteiger partial charge is 0.271 e. The zero-order valence-electron chi connectivity index (χ0n) is 12.0. The van der Waals surface area contributed by atoms with Crippen molar-refractivity contribution in [1.82, 2.24) is 20.2 Å². The van der Waals surface area contributed by atoms with Gasteiger partial charge in [0.25, 0.3) is 0 Å². The molecule has 108 valence electrons. The van der Waals surface area contributed by atoms with Crippen molar-refractivity contribution in [2.45, 2.75) is 32.7 Å². The minimum atomic E-state index is 0.0353. The fourth-order valence-corrected chi connectivity index (χ4v) is 3.07. The first-order chi connectivity index (χ1) is 9.56. The number of hydrogen-bond acceptors (Lipinski definition) is 4. The molecule has 0 fully saturated rings. The maximum Gasteiger partial charge on any atom is 0.0766 e. The molecule has 0 radical (unpaired) electrons. The van der Waals surface area contributed by atoms with Gasteiger partial charge in [-0.05, 0) is 47.0 Å². The van der Waals surface area contributed by atoms with E-state index in [0.717, 1.165) is 40.0 Å². The highest BCUT2D eigenvalue weighted by atomic mass is 79.9. The standard InChI is InChI=1S/C14H20BrN5/c1-4-11-14(15)13(20(3)19-11)8-12(18-16)10-5-6-17-9(2)7-10/h5-7,12,18H,4,8,16H2,1-3H3. The summed E-state index contributed by atoms with van der Waals surface area (Å²) in [6, 6.07) is 4.08. The number of aromatic nitrogens is 3. The van der Waals surface area contributed by atoms with Crippen molar-refractivity contribution in [3.05, 3.63) is 45.4 Å². The average molecular weight is 338 g/mol. The Labute approximate surface area is 127 Å². The molecule has 0 saturated carbocycles. The van der Waals surface area contributed by atoms with Gasteiger partial charge in [-0.25, -0.2) is 0 Å². The molecule has 5 nitrogen and oxygen atoms in total. The number of rotatable bonds is 5. The molecule has 2 rings (SSSR count). The highest BCUT2D eigenvalue weighted by Gasteiger charge is 2.18. The SMILES string of the molecule is CCc1nn(C)c(CC(NN)c2ccnc(C)c2)c1Br. The van der Waals surface area contributed by atoms with Crippen LogP contribution in [0.2, 0.25) is 0 Å². The van der Waals surface area contributed by atoms with Crippen LogP contribution in [0, 0.1) is 6.92 Å². The van der Waals surface area contributed by atoms with Crippen molar-refractivity contribution < 1.29 is 0 Å². The summed E-state index contributed by atoms with van der Waals surface area (Å²) in [6.45, 7) is 4.08. The van der Waals surface area contributed by atoms with Crippen molar-refractivity contribution in [3.8, 4) is 0 Å². The summed E-state index contributed by atoms with van der Waals surface area (Å²) in [5.41, 5.74) is 7.22. The number of aryl methyl sites for hydroxylation is 3. The molecule has 2 heterocycles. The lowest BCUT2D eigenvalue weighted by molar-refractivity contribution is 0.528. The first-order valence-corrected chi connectivity index (χ1v) is 7.45. The van der Waals surface area contributed by atoms with E-state index in [1.807, 2.05) is 30.9 Å². The predicted octanol–water partition coefficient (Wildman–Crippen LogP) is 2.20. The van der Waals surface area contributed by atoms with Gasteiger partial charge in [-0.1, -0.05) is 6.92 Å². The molecule has 1 unspecified atom stereocenters. The number of pyridine rings is 1. The third-order valence-electron chi connectivity index (χ3n) is 3.42. The van der Waals surface area contributed by atoms with E-state index in [0.29, 0.717) is 0 Å². The van der Waals surface area contributed by atoms with Gasteiger partial charge in [0.1, 0.15) is 0 Å². The van der Waals surface area contributed by atoms with Gasteiger partial charge in [0, 0.05) is 25.4 Å². The molecule has 0 bridgehead atoms. The number of nitrogens with one attached hydrogen (secondary N) is 1. The molecule has 0 aliphatic heterocycles. The van der Waals surface area contributed by atoms with E-state index < -0.39 is 0 Å². The van der Waals surface area contributed by atoms with Crippen LogP contribution in [0.5, 0.6) is 0 Å². The normalized spacial score (nSPS) is 12.7. The summed E-state index contributed by atoms with van der Waals surface area (Å²) in [5.74, 6) is 5.73. The molecule has 1 atom stereocenters. The second kappa shape index (κ2) is 6.47.